The molecule has 0 spiro atoms. The molecule has 3 aliphatic carbocycles. The molecule has 5 unspecified atom stereocenters. The van der Waals surface area contributed by atoms with Crippen molar-refractivity contribution in [2.45, 2.75) is 141 Å². The van der Waals surface area contributed by atoms with Gasteiger partial charge in [0.1, 0.15) is 0 Å². The second-order valence-corrected chi connectivity index (χ2v) is 11.2. The number of unbranched alkanes of at least 4 members (excludes halogenated alkanes) is 1. The summed E-state index contributed by atoms with van der Waals surface area (Å²) in [5.41, 5.74) is 0. The summed E-state index contributed by atoms with van der Waals surface area (Å²) in [6.07, 6.45) is 27.3. The average molecular weight is 385 g/mol. The van der Waals surface area contributed by atoms with E-state index in [9.17, 15) is 0 Å². The summed E-state index contributed by atoms with van der Waals surface area (Å²) in [4.78, 5) is 0. The Labute approximate surface area is 178 Å². The first-order chi connectivity index (χ1) is 13.7. The van der Waals surface area contributed by atoms with Gasteiger partial charge in [-0.2, -0.15) is 0 Å². The molecule has 0 aromatic carbocycles. The Morgan fingerprint density at radius 1 is 0.786 bits per heavy atom. The van der Waals surface area contributed by atoms with Gasteiger partial charge in [0.15, 0.2) is 0 Å². The van der Waals surface area contributed by atoms with Crippen molar-refractivity contribution in [3.8, 4) is 0 Å². The van der Waals surface area contributed by atoms with Crippen LogP contribution >= 0.6 is 0 Å². The summed E-state index contributed by atoms with van der Waals surface area (Å²) in [6.45, 7) is 4.96. The summed E-state index contributed by atoms with van der Waals surface area (Å²) in [6, 6.07) is 0. The van der Waals surface area contributed by atoms with Crippen LogP contribution in [0.15, 0.2) is 0 Å². The predicted molar refractivity (Wildman–Crippen MR) is 125 cm³/mol. The largest absolute Gasteiger partial charge is 0.0750 e. The van der Waals surface area contributed by atoms with Gasteiger partial charge in [-0.05, 0) is 42.4 Å². The van der Waals surface area contributed by atoms with Crippen molar-refractivity contribution in [3.05, 3.63) is 0 Å². The van der Waals surface area contributed by atoms with Gasteiger partial charge in [-0.3, -0.25) is 0 Å². The third-order valence-electron chi connectivity index (χ3n) is 9.20. The molecule has 3 rings (SSSR count). The first-order valence-corrected chi connectivity index (χ1v) is 13.4. The zero-order valence-corrected chi connectivity index (χ0v) is 19.4. The highest BCUT2D eigenvalue weighted by atomic mass is 14.5. The number of hydrogen-bond donors (Lipinski definition) is 0. The lowest BCUT2D eigenvalue weighted by Gasteiger charge is -2.51. The van der Waals surface area contributed by atoms with Gasteiger partial charge in [0.05, 0.1) is 7.85 Å². The molecule has 0 amide bonds. The molecule has 3 saturated carbocycles. The van der Waals surface area contributed by atoms with Gasteiger partial charge in [-0.15, -0.1) is 0 Å². The quantitative estimate of drug-likeness (QED) is 0.415. The number of fused-ring (bicyclic) bond motifs is 1. The molecule has 0 bridgehead atoms. The molecule has 3 aliphatic rings. The molecule has 0 saturated heterocycles. The van der Waals surface area contributed by atoms with Crippen LogP contribution < -0.4 is 0 Å². The van der Waals surface area contributed by atoms with Gasteiger partial charge in [-0.25, -0.2) is 0 Å². The fourth-order valence-electron chi connectivity index (χ4n) is 7.66. The van der Waals surface area contributed by atoms with Crippen molar-refractivity contribution in [2.75, 3.05) is 0 Å². The minimum Gasteiger partial charge on any atom is -0.0654 e. The summed E-state index contributed by atoms with van der Waals surface area (Å²) in [7, 11) is 7.53. The highest BCUT2D eigenvalue weighted by Gasteiger charge is 2.47. The summed E-state index contributed by atoms with van der Waals surface area (Å²) >= 11 is 0. The van der Waals surface area contributed by atoms with E-state index in [2.05, 4.69) is 13.8 Å². The lowest BCUT2D eigenvalue weighted by Crippen LogP contribution is -2.40. The smallest absolute Gasteiger partial charge is 0.0654 e. The van der Waals surface area contributed by atoms with Crippen molar-refractivity contribution < 1.29 is 0 Å². The molecule has 0 N–H and O–H groups in total. The molecule has 2 radical (unpaired) electrons. The van der Waals surface area contributed by atoms with Gasteiger partial charge in [0.25, 0.3) is 0 Å². The second-order valence-electron chi connectivity index (χ2n) is 11.2. The van der Waals surface area contributed by atoms with Gasteiger partial charge in [0.2, 0.25) is 0 Å². The van der Waals surface area contributed by atoms with E-state index in [1.165, 1.54) is 122 Å². The SMILES string of the molecule is [B]C1(C2C(C(C)CCCC)CCCC3CCCCCCC32)CCCCCCC1. The van der Waals surface area contributed by atoms with Crippen LogP contribution in [0.5, 0.6) is 0 Å². The minimum absolute atomic E-state index is 0.137. The second kappa shape index (κ2) is 11.5. The van der Waals surface area contributed by atoms with Crippen molar-refractivity contribution in [1.82, 2.24) is 0 Å². The standard InChI is InChI=1S/C27H49B/c1-3-4-15-22(2)24-19-14-17-23-16-10-6-7-11-18-25(23)26(24)27(28)20-12-8-5-9-13-21-27/h22-26H,3-21H2,1-2H3. The van der Waals surface area contributed by atoms with Gasteiger partial charge >= 0.3 is 0 Å². The van der Waals surface area contributed by atoms with Crippen LogP contribution in [0.4, 0.5) is 0 Å². The molecule has 3 fully saturated rings. The molecule has 5 atom stereocenters. The Hall–Kier alpha value is 0.0649. The van der Waals surface area contributed by atoms with Crippen LogP contribution in [0.3, 0.4) is 0 Å². The van der Waals surface area contributed by atoms with Crippen LogP contribution in [0.25, 0.3) is 0 Å². The highest BCUT2D eigenvalue weighted by molar-refractivity contribution is 6.15. The van der Waals surface area contributed by atoms with Gasteiger partial charge in [0, 0.05) is 0 Å². The molecule has 0 aliphatic heterocycles. The Bertz CT molecular complexity index is 422. The number of hydrogen-bond acceptors (Lipinski definition) is 0. The van der Waals surface area contributed by atoms with Crippen LogP contribution in [-0.4, -0.2) is 7.85 Å². The van der Waals surface area contributed by atoms with E-state index in [1.807, 2.05) is 0 Å². The topological polar surface area (TPSA) is 0 Å². The maximum atomic E-state index is 7.53. The van der Waals surface area contributed by atoms with E-state index >= 15 is 0 Å². The lowest BCUT2D eigenvalue weighted by molar-refractivity contribution is 0.0600. The Morgan fingerprint density at radius 2 is 1.39 bits per heavy atom. The first-order valence-electron chi connectivity index (χ1n) is 13.4. The summed E-state index contributed by atoms with van der Waals surface area (Å²) in [5, 5.41) is 0.137. The van der Waals surface area contributed by atoms with Crippen LogP contribution in [0.2, 0.25) is 5.31 Å². The lowest BCUT2D eigenvalue weighted by atomic mass is 9.47. The average Bonchev–Trinajstić information content (AvgIpc) is 2.82. The molecule has 0 aromatic heterocycles. The Balaban J connectivity index is 1.90. The van der Waals surface area contributed by atoms with Crippen molar-refractivity contribution in [1.29, 1.82) is 0 Å². The monoisotopic (exact) mass is 384 g/mol. The molecular formula is C27H49B. The van der Waals surface area contributed by atoms with Crippen LogP contribution in [0.1, 0.15) is 136 Å². The molecule has 0 heterocycles. The van der Waals surface area contributed by atoms with Crippen molar-refractivity contribution in [3.63, 3.8) is 0 Å². The Kier molecular flexibility index (Phi) is 9.30. The van der Waals surface area contributed by atoms with Crippen molar-refractivity contribution in [2.24, 2.45) is 29.6 Å². The van der Waals surface area contributed by atoms with E-state index in [0.29, 0.717) is 0 Å². The Morgan fingerprint density at radius 3 is 2.11 bits per heavy atom. The molecule has 28 heavy (non-hydrogen) atoms. The fraction of sp³-hybridized carbons (Fsp3) is 1.00. The van der Waals surface area contributed by atoms with E-state index in [-0.39, 0.29) is 5.31 Å². The van der Waals surface area contributed by atoms with E-state index < -0.39 is 0 Å². The predicted octanol–water partition coefficient (Wildman–Crippen LogP) is 8.89. The van der Waals surface area contributed by atoms with Crippen LogP contribution in [0, 0.1) is 29.6 Å². The maximum absolute atomic E-state index is 7.53. The molecule has 1 heteroatoms. The van der Waals surface area contributed by atoms with Gasteiger partial charge in [-0.1, -0.05) is 128 Å². The van der Waals surface area contributed by atoms with E-state index in [4.69, 9.17) is 7.85 Å². The van der Waals surface area contributed by atoms with E-state index in [0.717, 1.165) is 29.6 Å². The third-order valence-corrected chi connectivity index (χ3v) is 9.20. The first kappa shape index (κ1) is 22.7. The molecular weight excluding hydrogens is 335 g/mol. The molecule has 0 aromatic rings. The molecule has 160 valence electrons. The fourth-order valence-corrected chi connectivity index (χ4v) is 7.66. The minimum atomic E-state index is 0.137. The third kappa shape index (κ3) is 5.82. The zero-order valence-electron chi connectivity index (χ0n) is 19.4. The number of rotatable bonds is 5. The summed E-state index contributed by atoms with van der Waals surface area (Å²) in [5.74, 6) is 4.49. The maximum Gasteiger partial charge on any atom is 0.0750 e. The normalized spacial score (nSPS) is 36.1. The van der Waals surface area contributed by atoms with Crippen molar-refractivity contribution >= 4 is 7.85 Å². The highest BCUT2D eigenvalue weighted by Crippen LogP contribution is 2.58. The van der Waals surface area contributed by atoms with Crippen LogP contribution in [-0.2, 0) is 0 Å². The molecule has 0 nitrogen and oxygen atoms in total. The van der Waals surface area contributed by atoms with Gasteiger partial charge < -0.3 is 0 Å². The zero-order chi connectivity index (χ0) is 19.8. The summed E-state index contributed by atoms with van der Waals surface area (Å²) < 4.78 is 0. The van der Waals surface area contributed by atoms with E-state index in [1.54, 1.807) is 0 Å².